The van der Waals surface area contributed by atoms with Crippen molar-refractivity contribution in [3.8, 4) is 0 Å². The average Bonchev–Trinajstić information content (AvgIpc) is 1.85. The first-order chi connectivity index (χ1) is 5.13. The molecule has 0 saturated carbocycles. The third-order valence-electron chi connectivity index (χ3n) is 0.723. The molecular formula is C6H9N3O2. The minimum atomic E-state index is -0.582. The number of nitrogens with zero attached hydrogens (tertiary/aromatic N) is 1. The molecule has 5 heteroatoms. The highest BCUT2D eigenvalue weighted by Crippen LogP contribution is 1.75. The first-order valence-electron chi connectivity index (χ1n) is 2.89. The molecule has 0 spiro atoms. The third-order valence-corrected chi connectivity index (χ3v) is 0.723. The summed E-state index contributed by atoms with van der Waals surface area (Å²) in [5.74, 6) is -1.05. The van der Waals surface area contributed by atoms with Gasteiger partial charge in [-0.1, -0.05) is 0 Å². The molecule has 0 saturated heterocycles. The van der Waals surface area contributed by atoms with Crippen molar-refractivity contribution in [1.29, 1.82) is 0 Å². The lowest BCUT2D eigenvalue weighted by Gasteiger charge is -1.81. The van der Waals surface area contributed by atoms with Crippen LogP contribution in [0.25, 0.3) is 0 Å². The predicted molar refractivity (Wildman–Crippen MR) is 40.6 cm³/mol. The van der Waals surface area contributed by atoms with Crippen LogP contribution in [0.1, 0.15) is 6.42 Å². The number of carbonyl (C=O) groups is 2. The Labute approximate surface area is 63.8 Å². The number of rotatable bonds is 4. The van der Waals surface area contributed by atoms with Crippen LogP contribution in [0.15, 0.2) is 17.3 Å². The zero-order valence-corrected chi connectivity index (χ0v) is 5.86. The van der Waals surface area contributed by atoms with Gasteiger partial charge in [-0.3, -0.25) is 14.6 Å². The van der Waals surface area contributed by atoms with Gasteiger partial charge in [-0.25, -0.2) is 0 Å². The molecule has 0 rings (SSSR count). The Morgan fingerprint density at radius 1 is 1.36 bits per heavy atom. The predicted octanol–water partition coefficient (Wildman–Crippen LogP) is -1.07. The van der Waals surface area contributed by atoms with Crippen LogP contribution in [0.5, 0.6) is 0 Å². The van der Waals surface area contributed by atoms with Gasteiger partial charge >= 0.3 is 0 Å². The fourth-order valence-electron chi connectivity index (χ4n) is 0.320. The van der Waals surface area contributed by atoms with Gasteiger partial charge in [0.1, 0.15) is 0 Å². The van der Waals surface area contributed by atoms with E-state index in [1.807, 2.05) is 0 Å². The molecule has 0 atom stereocenters. The standard InChI is InChI=1S/C6H9N3O2/c7-5(10)1-3-9-4-2-6(8)11/h1,3-4H,2H2,(H2,7,10)(H2,8,11). The summed E-state index contributed by atoms with van der Waals surface area (Å²) in [6, 6.07) is 0. The van der Waals surface area contributed by atoms with Gasteiger partial charge in [-0.05, 0) is 0 Å². The lowest BCUT2D eigenvalue weighted by atomic mass is 10.4. The van der Waals surface area contributed by atoms with E-state index in [-0.39, 0.29) is 6.42 Å². The monoisotopic (exact) mass is 155 g/mol. The smallest absolute Gasteiger partial charge is 0.242 e. The third kappa shape index (κ3) is 8.35. The summed E-state index contributed by atoms with van der Waals surface area (Å²) < 4.78 is 0. The minimum Gasteiger partial charge on any atom is -0.369 e. The molecule has 0 aromatic carbocycles. The summed E-state index contributed by atoms with van der Waals surface area (Å²) in [6.07, 6.45) is 3.63. The molecule has 0 aromatic heterocycles. The number of amides is 2. The summed E-state index contributed by atoms with van der Waals surface area (Å²) in [5, 5.41) is 0. The Morgan fingerprint density at radius 2 is 2.00 bits per heavy atom. The number of primary amides is 2. The van der Waals surface area contributed by atoms with Gasteiger partial charge in [-0.2, -0.15) is 0 Å². The summed E-state index contributed by atoms with van der Waals surface area (Å²) in [6.45, 7) is 0. The molecule has 0 fully saturated rings. The molecule has 0 aromatic rings. The average molecular weight is 155 g/mol. The lowest BCUT2D eigenvalue weighted by molar-refractivity contribution is -0.117. The van der Waals surface area contributed by atoms with Gasteiger partial charge < -0.3 is 11.5 Å². The number of hydrogen-bond donors (Lipinski definition) is 2. The van der Waals surface area contributed by atoms with Crippen molar-refractivity contribution in [2.24, 2.45) is 16.5 Å². The second-order valence-electron chi connectivity index (χ2n) is 1.72. The highest BCUT2D eigenvalue weighted by molar-refractivity contribution is 5.89. The molecule has 0 radical (unpaired) electrons. The van der Waals surface area contributed by atoms with Crippen molar-refractivity contribution < 1.29 is 9.59 Å². The van der Waals surface area contributed by atoms with Gasteiger partial charge in [0.15, 0.2) is 0 Å². The van der Waals surface area contributed by atoms with Gasteiger partial charge in [0, 0.05) is 18.5 Å². The molecule has 4 N–H and O–H groups in total. The summed E-state index contributed by atoms with van der Waals surface area (Å²) in [5.41, 5.74) is 9.53. The number of hydrogen-bond acceptors (Lipinski definition) is 3. The van der Waals surface area contributed by atoms with Gasteiger partial charge in [0.2, 0.25) is 11.8 Å². The van der Waals surface area contributed by atoms with E-state index in [1.165, 1.54) is 12.4 Å². The minimum absolute atomic E-state index is 0.0586. The Hall–Kier alpha value is -1.65. The molecule has 0 bridgehead atoms. The zero-order valence-electron chi connectivity index (χ0n) is 5.86. The zero-order chi connectivity index (χ0) is 8.69. The highest BCUT2D eigenvalue weighted by atomic mass is 16.1. The molecule has 0 heterocycles. The van der Waals surface area contributed by atoms with Crippen molar-refractivity contribution >= 4 is 18.0 Å². The van der Waals surface area contributed by atoms with Crippen molar-refractivity contribution in [2.75, 3.05) is 0 Å². The second-order valence-corrected chi connectivity index (χ2v) is 1.72. The number of aliphatic imine (C=N–C) groups is 1. The lowest BCUT2D eigenvalue weighted by Crippen LogP contribution is -2.10. The second kappa shape index (κ2) is 5.16. The SMILES string of the molecule is NC(=O)C=CN=CCC(N)=O. The fourth-order valence-corrected chi connectivity index (χ4v) is 0.320. The maximum atomic E-state index is 10.1. The highest BCUT2D eigenvalue weighted by Gasteiger charge is 1.85. The molecule has 60 valence electrons. The van der Waals surface area contributed by atoms with Gasteiger partial charge in [0.25, 0.3) is 0 Å². The molecule has 0 aliphatic heterocycles. The molecular weight excluding hydrogens is 146 g/mol. The quantitative estimate of drug-likeness (QED) is 0.399. The fraction of sp³-hybridized carbons (Fsp3) is 0.167. The Bertz CT molecular complexity index is 208. The molecule has 5 nitrogen and oxygen atoms in total. The topological polar surface area (TPSA) is 98.5 Å². The van der Waals surface area contributed by atoms with Crippen LogP contribution in [-0.2, 0) is 9.59 Å². The van der Waals surface area contributed by atoms with Crippen molar-refractivity contribution in [1.82, 2.24) is 0 Å². The van der Waals surface area contributed by atoms with Crippen molar-refractivity contribution in [3.05, 3.63) is 12.3 Å². The summed E-state index contributed by atoms with van der Waals surface area (Å²) in [4.78, 5) is 23.7. The Balaban J connectivity index is 3.60. The first-order valence-corrected chi connectivity index (χ1v) is 2.89. The van der Waals surface area contributed by atoms with Crippen LogP contribution in [0.2, 0.25) is 0 Å². The van der Waals surface area contributed by atoms with E-state index < -0.39 is 11.8 Å². The van der Waals surface area contributed by atoms with E-state index in [1.54, 1.807) is 0 Å². The Kier molecular flexibility index (Phi) is 4.39. The maximum absolute atomic E-state index is 10.1. The molecule has 0 unspecified atom stereocenters. The van der Waals surface area contributed by atoms with Gasteiger partial charge in [0.05, 0.1) is 6.42 Å². The van der Waals surface area contributed by atoms with E-state index in [9.17, 15) is 9.59 Å². The Morgan fingerprint density at radius 3 is 2.45 bits per heavy atom. The van der Waals surface area contributed by atoms with E-state index in [4.69, 9.17) is 11.5 Å². The van der Waals surface area contributed by atoms with Crippen LogP contribution >= 0.6 is 0 Å². The first kappa shape index (κ1) is 9.35. The van der Waals surface area contributed by atoms with Crippen LogP contribution < -0.4 is 11.5 Å². The molecule has 0 aliphatic rings. The number of carbonyl (C=O) groups excluding carboxylic acids is 2. The largest absolute Gasteiger partial charge is 0.369 e. The van der Waals surface area contributed by atoms with E-state index in [0.29, 0.717) is 0 Å². The maximum Gasteiger partial charge on any atom is 0.242 e. The van der Waals surface area contributed by atoms with Crippen LogP contribution in [0.4, 0.5) is 0 Å². The normalized spacial score (nSPS) is 10.9. The van der Waals surface area contributed by atoms with Crippen molar-refractivity contribution in [3.63, 3.8) is 0 Å². The van der Waals surface area contributed by atoms with Crippen LogP contribution in [-0.4, -0.2) is 18.0 Å². The molecule has 11 heavy (non-hydrogen) atoms. The molecule has 2 amide bonds. The summed E-state index contributed by atoms with van der Waals surface area (Å²) in [7, 11) is 0. The van der Waals surface area contributed by atoms with Crippen molar-refractivity contribution in [2.45, 2.75) is 6.42 Å². The van der Waals surface area contributed by atoms with E-state index in [2.05, 4.69) is 4.99 Å². The summed E-state index contributed by atoms with van der Waals surface area (Å²) >= 11 is 0. The van der Waals surface area contributed by atoms with E-state index in [0.717, 1.165) is 6.08 Å². The van der Waals surface area contributed by atoms with Gasteiger partial charge in [-0.15, -0.1) is 0 Å². The van der Waals surface area contributed by atoms with Crippen LogP contribution in [0.3, 0.4) is 0 Å². The van der Waals surface area contributed by atoms with Crippen LogP contribution in [0, 0.1) is 0 Å². The number of nitrogens with two attached hydrogens (primary N) is 2. The molecule has 0 aliphatic carbocycles. The van der Waals surface area contributed by atoms with E-state index >= 15 is 0 Å².